The second kappa shape index (κ2) is 6.05. The summed E-state index contributed by atoms with van der Waals surface area (Å²) in [6, 6.07) is 8.19. The van der Waals surface area contributed by atoms with Crippen molar-refractivity contribution in [1.29, 1.82) is 0 Å². The predicted molar refractivity (Wildman–Crippen MR) is 96.4 cm³/mol. The molecule has 0 bridgehead atoms. The number of rotatable bonds is 2. The monoisotopic (exact) mass is 344 g/mol. The van der Waals surface area contributed by atoms with E-state index >= 15 is 0 Å². The number of carbonyl (C=O) groups excluding carboxylic acids is 1. The molecular weight excluding hydrogens is 328 g/mol. The highest BCUT2D eigenvalue weighted by atomic mass is 32.2. The maximum absolute atomic E-state index is 12.6. The first kappa shape index (κ1) is 14.8. The number of benzene rings is 1. The van der Waals surface area contributed by atoms with Gasteiger partial charge in [0.15, 0.2) is 0 Å². The fraction of sp³-hybridized carbons (Fsp3) is 0.312. The van der Waals surface area contributed by atoms with Crippen molar-refractivity contribution in [1.82, 2.24) is 9.78 Å². The summed E-state index contributed by atoms with van der Waals surface area (Å²) in [4.78, 5) is 19.2. The Morgan fingerprint density at radius 1 is 1.35 bits per heavy atom. The van der Waals surface area contributed by atoms with Gasteiger partial charge in [0.05, 0.1) is 22.8 Å². The fourth-order valence-electron chi connectivity index (χ4n) is 2.76. The van der Waals surface area contributed by atoms with Crippen molar-refractivity contribution in [2.24, 2.45) is 12.0 Å². The number of thioether (sulfide) groups is 2. The van der Waals surface area contributed by atoms with Gasteiger partial charge in [-0.3, -0.25) is 9.48 Å². The SMILES string of the molecule is Cn1cc(N2CC[C@H](SC3=Nc4ccccc4CS3)C2=O)cn1. The fourth-order valence-corrected chi connectivity index (χ4v) is 5.09. The molecule has 2 aliphatic rings. The Bertz CT molecular complexity index is 786. The Morgan fingerprint density at radius 2 is 2.22 bits per heavy atom. The number of hydrogen-bond acceptors (Lipinski definition) is 5. The lowest BCUT2D eigenvalue weighted by molar-refractivity contribution is -0.116. The van der Waals surface area contributed by atoms with Gasteiger partial charge in [-0.15, -0.1) is 0 Å². The summed E-state index contributed by atoms with van der Waals surface area (Å²) in [5.41, 5.74) is 3.17. The second-order valence-electron chi connectivity index (χ2n) is 5.55. The molecule has 1 saturated heterocycles. The Morgan fingerprint density at radius 3 is 3.04 bits per heavy atom. The lowest BCUT2D eigenvalue weighted by Gasteiger charge is -2.17. The standard InChI is InChI=1S/C16H16N4OS2/c1-19-9-12(8-17-19)20-7-6-14(15(20)21)23-16-18-13-5-3-2-4-11(13)10-22-16/h2-5,8-9,14H,6-7,10H2,1H3/t14-/m0/s1. The van der Waals surface area contributed by atoms with Crippen LogP contribution in [0.3, 0.4) is 0 Å². The highest BCUT2D eigenvalue weighted by molar-refractivity contribution is 8.39. The van der Waals surface area contributed by atoms with Crippen LogP contribution in [0.2, 0.25) is 0 Å². The van der Waals surface area contributed by atoms with Gasteiger partial charge in [0.1, 0.15) is 4.38 Å². The zero-order valence-electron chi connectivity index (χ0n) is 12.7. The number of aryl methyl sites for hydroxylation is 1. The average molecular weight is 344 g/mol. The number of aromatic nitrogens is 2. The van der Waals surface area contributed by atoms with Gasteiger partial charge in [-0.25, -0.2) is 4.99 Å². The molecule has 1 atom stereocenters. The van der Waals surface area contributed by atoms with Crippen LogP contribution in [0.15, 0.2) is 41.7 Å². The first-order chi connectivity index (χ1) is 11.2. The quantitative estimate of drug-likeness (QED) is 0.839. The van der Waals surface area contributed by atoms with Crippen molar-refractivity contribution in [3.63, 3.8) is 0 Å². The minimum Gasteiger partial charge on any atom is -0.308 e. The molecule has 3 heterocycles. The zero-order valence-corrected chi connectivity index (χ0v) is 14.3. The Labute approximate surface area is 143 Å². The molecule has 0 aliphatic carbocycles. The summed E-state index contributed by atoms with van der Waals surface area (Å²) >= 11 is 3.32. The van der Waals surface area contributed by atoms with Gasteiger partial charge < -0.3 is 4.90 Å². The third-order valence-corrected chi connectivity index (χ3v) is 6.41. The maximum atomic E-state index is 12.6. The summed E-state index contributed by atoms with van der Waals surface area (Å²) in [6.45, 7) is 0.747. The van der Waals surface area contributed by atoms with Gasteiger partial charge >= 0.3 is 0 Å². The van der Waals surface area contributed by atoms with Gasteiger partial charge in [0.25, 0.3) is 0 Å². The van der Waals surface area contributed by atoms with Crippen molar-refractivity contribution < 1.29 is 4.79 Å². The van der Waals surface area contributed by atoms with E-state index in [0.717, 1.165) is 34.5 Å². The third-order valence-electron chi connectivity index (χ3n) is 3.96. The van der Waals surface area contributed by atoms with Gasteiger partial charge in [0, 0.05) is 25.5 Å². The van der Waals surface area contributed by atoms with Crippen LogP contribution in [0.1, 0.15) is 12.0 Å². The van der Waals surface area contributed by atoms with E-state index in [2.05, 4.69) is 11.2 Å². The number of aliphatic imine (C=N–C) groups is 1. The van der Waals surface area contributed by atoms with Crippen LogP contribution in [0.4, 0.5) is 11.4 Å². The summed E-state index contributed by atoms with van der Waals surface area (Å²) in [5.74, 6) is 1.08. The summed E-state index contributed by atoms with van der Waals surface area (Å²) in [5, 5.41) is 4.10. The summed E-state index contributed by atoms with van der Waals surface area (Å²) < 4.78 is 2.72. The molecule has 4 rings (SSSR count). The van der Waals surface area contributed by atoms with Crippen LogP contribution < -0.4 is 4.90 Å². The first-order valence-electron chi connectivity index (χ1n) is 7.47. The molecule has 0 N–H and O–H groups in total. The number of amides is 1. The van der Waals surface area contributed by atoms with Crippen LogP contribution in [-0.4, -0.2) is 31.9 Å². The van der Waals surface area contributed by atoms with Crippen LogP contribution in [0, 0.1) is 0 Å². The number of nitrogens with zero attached hydrogens (tertiary/aromatic N) is 4. The van der Waals surface area contributed by atoms with E-state index in [1.165, 1.54) is 5.56 Å². The van der Waals surface area contributed by atoms with Gasteiger partial charge in [-0.1, -0.05) is 41.7 Å². The van der Waals surface area contributed by atoms with Gasteiger partial charge in [0.2, 0.25) is 5.91 Å². The lowest BCUT2D eigenvalue weighted by atomic mass is 10.2. The summed E-state index contributed by atoms with van der Waals surface area (Å²) in [7, 11) is 1.86. The minimum atomic E-state index is -0.0493. The molecule has 1 fully saturated rings. The molecule has 1 amide bonds. The van der Waals surface area contributed by atoms with E-state index < -0.39 is 0 Å². The first-order valence-corrected chi connectivity index (χ1v) is 9.33. The molecule has 0 saturated carbocycles. The molecule has 0 spiro atoms. The van der Waals surface area contributed by atoms with Crippen LogP contribution >= 0.6 is 23.5 Å². The normalized spacial score (nSPS) is 20.6. The molecule has 2 aromatic rings. The number of anilines is 1. The molecule has 0 radical (unpaired) electrons. The van der Waals surface area contributed by atoms with E-state index in [1.54, 1.807) is 34.4 Å². The average Bonchev–Trinajstić information content (AvgIpc) is 3.14. The molecule has 23 heavy (non-hydrogen) atoms. The molecular formula is C16H16N4OS2. The molecule has 0 unspecified atom stereocenters. The molecule has 5 nitrogen and oxygen atoms in total. The van der Waals surface area contributed by atoms with E-state index in [1.807, 2.05) is 36.3 Å². The topological polar surface area (TPSA) is 50.5 Å². The molecule has 118 valence electrons. The Hall–Kier alpha value is -1.73. The highest BCUT2D eigenvalue weighted by Gasteiger charge is 2.35. The number of carbonyl (C=O) groups is 1. The van der Waals surface area contributed by atoms with E-state index in [9.17, 15) is 4.79 Å². The third kappa shape index (κ3) is 2.90. The van der Waals surface area contributed by atoms with Gasteiger partial charge in [-0.05, 0) is 18.1 Å². The highest BCUT2D eigenvalue weighted by Crippen LogP contribution is 2.38. The second-order valence-corrected chi connectivity index (χ2v) is 7.97. The Kier molecular flexibility index (Phi) is 3.90. The Balaban J connectivity index is 1.48. The van der Waals surface area contributed by atoms with Crippen molar-refractivity contribution >= 4 is 45.2 Å². The van der Waals surface area contributed by atoms with Crippen LogP contribution in [-0.2, 0) is 17.6 Å². The zero-order chi connectivity index (χ0) is 15.8. The number of para-hydroxylation sites is 1. The maximum Gasteiger partial charge on any atom is 0.240 e. The summed E-state index contributed by atoms with van der Waals surface area (Å²) in [6.07, 6.45) is 4.47. The van der Waals surface area contributed by atoms with Crippen LogP contribution in [0.5, 0.6) is 0 Å². The smallest absolute Gasteiger partial charge is 0.240 e. The predicted octanol–water partition coefficient (Wildman–Crippen LogP) is 3.19. The van der Waals surface area contributed by atoms with Crippen molar-refractivity contribution in [2.75, 3.05) is 11.4 Å². The number of fused-ring (bicyclic) bond motifs is 1. The lowest BCUT2D eigenvalue weighted by Crippen LogP contribution is -2.28. The molecule has 1 aromatic carbocycles. The van der Waals surface area contributed by atoms with Crippen LogP contribution in [0.25, 0.3) is 0 Å². The van der Waals surface area contributed by atoms with E-state index in [-0.39, 0.29) is 11.2 Å². The van der Waals surface area contributed by atoms with Crippen molar-refractivity contribution in [2.45, 2.75) is 17.4 Å². The molecule has 2 aliphatic heterocycles. The minimum absolute atomic E-state index is 0.0493. The largest absolute Gasteiger partial charge is 0.308 e. The van der Waals surface area contributed by atoms with Crippen molar-refractivity contribution in [3.8, 4) is 0 Å². The van der Waals surface area contributed by atoms with Crippen molar-refractivity contribution in [3.05, 3.63) is 42.2 Å². The van der Waals surface area contributed by atoms with E-state index in [0.29, 0.717) is 0 Å². The number of hydrogen-bond donors (Lipinski definition) is 0. The molecule has 1 aromatic heterocycles. The van der Waals surface area contributed by atoms with E-state index in [4.69, 9.17) is 4.99 Å². The van der Waals surface area contributed by atoms with Gasteiger partial charge in [-0.2, -0.15) is 5.10 Å². The molecule has 7 heteroatoms.